The Balaban J connectivity index is 1.68. The summed E-state index contributed by atoms with van der Waals surface area (Å²) in [6, 6.07) is 17.9. The highest BCUT2D eigenvalue weighted by molar-refractivity contribution is 7.92. The maximum atomic E-state index is 13.5. The number of benzene rings is 3. The molecule has 158 valence electrons. The molecule has 1 heterocycles. The number of hydrogen-bond acceptors (Lipinski definition) is 3. The average molecular weight is 437 g/mol. The molecule has 0 aliphatic heterocycles. The van der Waals surface area contributed by atoms with Crippen LogP contribution in [0, 0.1) is 12.7 Å². The summed E-state index contributed by atoms with van der Waals surface area (Å²) in [5.74, 6) is -0.690. The lowest BCUT2D eigenvalue weighted by molar-refractivity contribution is -0.114. The number of halogens is 1. The number of anilines is 2. The average Bonchev–Trinajstić information content (AvgIpc) is 3.12. The lowest BCUT2D eigenvalue weighted by atomic mass is 10.1. The van der Waals surface area contributed by atoms with Crippen LogP contribution in [-0.4, -0.2) is 19.3 Å². The molecule has 3 aromatic carbocycles. The molecule has 0 saturated carbocycles. The lowest BCUT2D eigenvalue weighted by Gasteiger charge is -2.14. The first-order valence-corrected chi connectivity index (χ1v) is 11.0. The van der Waals surface area contributed by atoms with Crippen molar-refractivity contribution in [2.45, 2.75) is 18.7 Å². The van der Waals surface area contributed by atoms with Crippen molar-refractivity contribution in [2.75, 3.05) is 10.0 Å². The number of sulfonamides is 1. The second-order valence-corrected chi connectivity index (χ2v) is 8.93. The smallest absolute Gasteiger partial charge is 0.263 e. The fraction of sp³-hybridized carbons (Fsp3) is 0.0870. The van der Waals surface area contributed by atoms with Crippen molar-refractivity contribution in [1.82, 2.24) is 4.98 Å². The number of aromatic nitrogens is 1. The summed E-state index contributed by atoms with van der Waals surface area (Å²) in [7, 11) is -3.97. The number of amides is 1. The number of carbonyl (C=O) groups excluding carboxylic acids is 1. The third kappa shape index (κ3) is 4.44. The SMILES string of the molecule is CC(=O)Nc1ccc(C)cc1S(=O)(=O)Nc1cccc(-c2cc3cc(F)ccc3[nH]2)c1. The van der Waals surface area contributed by atoms with E-state index in [1.54, 1.807) is 43.3 Å². The van der Waals surface area contributed by atoms with Crippen LogP contribution < -0.4 is 10.0 Å². The molecule has 0 spiro atoms. The number of H-pyrrole nitrogens is 1. The Bertz CT molecular complexity index is 1410. The van der Waals surface area contributed by atoms with Gasteiger partial charge in [-0.15, -0.1) is 0 Å². The zero-order valence-corrected chi connectivity index (χ0v) is 17.7. The summed E-state index contributed by atoms with van der Waals surface area (Å²) in [6.07, 6.45) is 0. The van der Waals surface area contributed by atoms with Crippen LogP contribution in [0.1, 0.15) is 12.5 Å². The van der Waals surface area contributed by atoms with E-state index < -0.39 is 10.0 Å². The van der Waals surface area contributed by atoms with Crippen LogP contribution in [0.5, 0.6) is 0 Å². The molecular weight excluding hydrogens is 417 g/mol. The molecule has 4 aromatic rings. The van der Waals surface area contributed by atoms with E-state index in [1.807, 2.05) is 12.1 Å². The van der Waals surface area contributed by atoms with Gasteiger partial charge in [0.15, 0.2) is 0 Å². The van der Waals surface area contributed by atoms with E-state index in [0.29, 0.717) is 5.69 Å². The maximum absolute atomic E-state index is 13.5. The molecule has 1 amide bonds. The van der Waals surface area contributed by atoms with E-state index in [4.69, 9.17) is 0 Å². The van der Waals surface area contributed by atoms with Crippen LogP contribution in [0.25, 0.3) is 22.2 Å². The van der Waals surface area contributed by atoms with E-state index in [2.05, 4.69) is 15.0 Å². The third-order valence-corrected chi connectivity index (χ3v) is 6.17. The van der Waals surface area contributed by atoms with Crippen molar-refractivity contribution >= 4 is 38.2 Å². The molecule has 1 aromatic heterocycles. The summed E-state index contributed by atoms with van der Waals surface area (Å²) in [6.45, 7) is 3.09. The van der Waals surface area contributed by atoms with Crippen molar-refractivity contribution in [3.8, 4) is 11.3 Å². The fourth-order valence-corrected chi connectivity index (χ4v) is 4.66. The van der Waals surface area contributed by atoms with Gasteiger partial charge in [0.25, 0.3) is 10.0 Å². The van der Waals surface area contributed by atoms with E-state index in [1.165, 1.54) is 25.1 Å². The number of rotatable bonds is 5. The van der Waals surface area contributed by atoms with Crippen molar-refractivity contribution < 1.29 is 17.6 Å². The molecule has 3 N–H and O–H groups in total. The van der Waals surface area contributed by atoms with Crippen LogP contribution >= 0.6 is 0 Å². The third-order valence-electron chi connectivity index (χ3n) is 4.75. The van der Waals surface area contributed by atoms with Gasteiger partial charge in [0.1, 0.15) is 10.7 Å². The van der Waals surface area contributed by atoms with Crippen molar-refractivity contribution in [2.24, 2.45) is 0 Å². The standard InChI is InChI=1S/C23H20FN3O3S/c1-14-6-8-21(25-15(2)28)23(10-14)31(29,30)27-19-5-3-4-16(12-19)22-13-17-11-18(24)7-9-20(17)26-22/h3-13,26-27H,1-2H3,(H,25,28). The summed E-state index contributed by atoms with van der Waals surface area (Å²) in [4.78, 5) is 14.7. The number of carbonyl (C=O) groups is 1. The zero-order chi connectivity index (χ0) is 22.2. The molecule has 31 heavy (non-hydrogen) atoms. The van der Waals surface area contributed by atoms with Crippen LogP contribution in [0.3, 0.4) is 0 Å². The van der Waals surface area contributed by atoms with Gasteiger partial charge in [-0.25, -0.2) is 12.8 Å². The van der Waals surface area contributed by atoms with Crippen LogP contribution in [0.2, 0.25) is 0 Å². The molecule has 4 rings (SSSR count). The normalized spacial score (nSPS) is 11.5. The molecule has 0 unspecified atom stereocenters. The molecule has 0 aliphatic carbocycles. The predicted molar refractivity (Wildman–Crippen MR) is 120 cm³/mol. The summed E-state index contributed by atoms with van der Waals surface area (Å²) in [5, 5.41) is 3.28. The van der Waals surface area contributed by atoms with Gasteiger partial charge in [-0.3, -0.25) is 9.52 Å². The Kier molecular flexibility index (Phi) is 5.24. The molecule has 0 fully saturated rings. The minimum Gasteiger partial charge on any atom is -0.355 e. The van der Waals surface area contributed by atoms with Gasteiger partial charge in [0.05, 0.1) is 5.69 Å². The lowest BCUT2D eigenvalue weighted by Crippen LogP contribution is -2.17. The van der Waals surface area contributed by atoms with Crippen molar-refractivity contribution in [3.63, 3.8) is 0 Å². The largest absolute Gasteiger partial charge is 0.355 e. The number of fused-ring (bicyclic) bond motifs is 1. The second kappa shape index (κ2) is 7.88. The zero-order valence-electron chi connectivity index (χ0n) is 16.9. The minimum absolute atomic E-state index is 0.0193. The first-order chi connectivity index (χ1) is 14.7. The Labute approximate surface area is 179 Å². The van der Waals surface area contributed by atoms with Gasteiger partial charge in [0, 0.05) is 34.8 Å². The van der Waals surface area contributed by atoms with Crippen LogP contribution in [0.15, 0.2) is 71.6 Å². The topological polar surface area (TPSA) is 91.1 Å². The first-order valence-electron chi connectivity index (χ1n) is 9.51. The van der Waals surface area contributed by atoms with Gasteiger partial charge in [0.2, 0.25) is 5.91 Å². The molecule has 0 saturated heterocycles. The van der Waals surface area contributed by atoms with E-state index in [-0.39, 0.29) is 22.3 Å². The Morgan fingerprint density at radius 2 is 1.81 bits per heavy atom. The molecular formula is C23H20FN3O3S. The van der Waals surface area contributed by atoms with E-state index in [0.717, 1.165) is 27.7 Å². The monoisotopic (exact) mass is 437 g/mol. The number of aryl methyl sites for hydroxylation is 1. The maximum Gasteiger partial charge on any atom is 0.263 e. The highest BCUT2D eigenvalue weighted by Crippen LogP contribution is 2.29. The van der Waals surface area contributed by atoms with Crippen molar-refractivity contribution in [3.05, 3.63) is 78.1 Å². The van der Waals surface area contributed by atoms with Gasteiger partial charge in [-0.2, -0.15) is 0 Å². The highest BCUT2D eigenvalue weighted by atomic mass is 32.2. The number of aromatic amines is 1. The van der Waals surface area contributed by atoms with E-state index >= 15 is 0 Å². The van der Waals surface area contributed by atoms with Gasteiger partial charge >= 0.3 is 0 Å². The van der Waals surface area contributed by atoms with E-state index in [9.17, 15) is 17.6 Å². The quantitative estimate of drug-likeness (QED) is 0.408. The second-order valence-electron chi connectivity index (χ2n) is 7.28. The van der Waals surface area contributed by atoms with Gasteiger partial charge < -0.3 is 10.3 Å². The number of nitrogens with one attached hydrogen (secondary N) is 3. The molecule has 0 radical (unpaired) electrons. The van der Waals surface area contributed by atoms with Crippen molar-refractivity contribution in [1.29, 1.82) is 0 Å². The first kappa shape index (κ1) is 20.6. The summed E-state index contributed by atoms with van der Waals surface area (Å²) in [5.41, 5.74) is 3.56. The Morgan fingerprint density at radius 1 is 1.00 bits per heavy atom. The highest BCUT2D eigenvalue weighted by Gasteiger charge is 2.20. The Hall–Kier alpha value is -3.65. The minimum atomic E-state index is -3.97. The number of hydrogen-bond donors (Lipinski definition) is 3. The summed E-state index contributed by atoms with van der Waals surface area (Å²) < 4.78 is 42.2. The van der Waals surface area contributed by atoms with Crippen LogP contribution in [0.4, 0.5) is 15.8 Å². The summed E-state index contributed by atoms with van der Waals surface area (Å²) >= 11 is 0. The van der Waals surface area contributed by atoms with Crippen LogP contribution in [-0.2, 0) is 14.8 Å². The van der Waals surface area contributed by atoms with Gasteiger partial charge in [-0.1, -0.05) is 18.2 Å². The Morgan fingerprint density at radius 3 is 2.58 bits per heavy atom. The molecule has 6 nitrogen and oxygen atoms in total. The predicted octanol–water partition coefficient (Wildman–Crippen LogP) is 5.04. The molecule has 0 bridgehead atoms. The van der Waals surface area contributed by atoms with Gasteiger partial charge in [-0.05, 0) is 61.0 Å². The molecule has 8 heteroatoms. The fourth-order valence-electron chi connectivity index (χ4n) is 3.36. The molecule has 0 atom stereocenters. The molecule has 0 aliphatic rings.